The Morgan fingerprint density at radius 1 is 1.26 bits per heavy atom. The molecule has 0 saturated heterocycles. The fraction of sp³-hybridized carbons (Fsp3) is 0.500. The van der Waals surface area contributed by atoms with Crippen LogP contribution in [-0.2, 0) is 4.84 Å². The van der Waals surface area contributed by atoms with Crippen LogP contribution in [0.3, 0.4) is 0 Å². The van der Waals surface area contributed by atoms with Gasteiger partial charge in [-0.25, -0.2) is 0 Å². The van der Waals surface area contributed by atoms with Crippen molar-refractivity contribution in [3.8, 4) is 5.75 Å². The van der Waals surface area contributed by atoms with Gasteiger partial charge < -0.3 is 9.84 Å². The molecule has 1 atom stereocenters. The van der Waals surface area contributed by atoms with Crippen LogP contribution in [0.25, 0.3) is 0 Å². The summed E-state index contributed by atoms with van der Waals surface area (Å²) in [6.07, 6.45) is -5.36. The zero-order valence-electron chi connectivity index (χ0n) is 10.4. The standard InChI is InChI=1S/C12H16F3NO3/c1-9-2-4-11(5-3-9)18-7-10(17)6-16-19-8-12(13,14)15/h2-5,10,16-17H,6-8H2,1H3. The quantitative estimate of drug-likeness (QED) is 0.590. The Kier molecular flexibility index (Phi) is 6.07. The van der Waals surface area contributed by atoms with Crippen LogP contribution in [0.5, 0.6) is 5.75 Å². The second-order valence-corrected chi connectivity index (χ2v) is 4.03. The molecule has 0 aromatic heterocycles. The van der Waals surface area contributed by atoms with Gasteiger partial charge in [0.25, 0.3) is 0 Å². The van der Waals surface area contributed by atoms with Gasteiger partial charge in [0.1, 0.15) is 18.5 Å². The van der Waals surface area contributed by atoms with Crippen molar-refractivity contribution in [2.45, 2.75) is 19.2 Å². The minimum absolute atomic E-state index is 0.0363. The fourth-order valence-corrected chi connectivity index (χ4v) is 1.17. The molecule has 1 rings (SSSR count). The van der Waals surface area contributed by atoms with Gasteiger partial charge in [-0.1, -0.05) is 17.7 Å². The molecule has 0 spiro atoms. The minimum atomic E-state index is -4.39. The van der Waals surface area contributed by atoms with E-state index in [1.807, 2.05) is 24.5 Å². The second kappa shape index (κ2) is 7.32. The van der Waals surface area contributed by atoms with Gasteiger partial charge >= 0.3 is 6.18 Å². The van der Waals surface area contributed by atoms with E-state index in [0.717, 1.165) is 5.56 Å². The highest BCUT2D eigenvalue weighted by atomic mass is 19.4. The maximum absolute atomic E-state index is 11.7. The van der Waals surface area contributed by atoms with Gasteiger partial charge in [0, 0.05) is 0 Å². The molecular formula is C12H16F3NO3. The summed E-state index contributed by atoms with van der Waals surface area (Å²) in [5.74, 6) is 0.584. The summed E-state index contributed by atoms with van der Waals surface area (Å²) in [6.45, 7) is 0.340. The number of aryl methyl sites for hydroxylation is 1. The third-order valence-corrected chi connectivity index (χ3v) is 2.12. The molecule has 0 radical (unpaired) electrons. The van der Waals surface area contributed by atoms with Crippen molar-refractivity contribution in [1.29, 1.82) is 0 Å². The van der Waals surface area contributed by atoms with Crippen molar-refractivity contribution < 1.29 is 27.9 Å². The van der Waals surface area contributed by atoms with Crippen LogP contribution in [0.15, 0.2) is 24.3 Å². The first kappa shape index (κ1) is 15.7. The smallest absolute Gasteiger partial charge is 0.413 e. The van der Waals surface area contributed by atoms with Crippen LogP contribution in [-0.4, -0.2) is 37.1 Å². The lowest BCUT2D eigenvalue weighted by molar-refractivity contribution is -0.191. The van der Waals surface area contributed by atoms with Crippen LogP contribution in [0.1, 0.15) is 5.56 Å². The van der Waals surface area contributed by atoms with Crippen molar-refractivity contribution >= 4 is 0 Å². The largest absolute Gasteiger partial charge is 0.491 e. The van der Waals surface area contributed by atoms with E-state index in [4.69, 9.17) is 4.74 Å². The van der Waals surface area contributed by atoms with E-state index in [1.54, 1.807) is 12.1 Å². The third kappa shape index (κ3) is 7.66. The van der Waals surface area contributed by atoms with Gasteiger partial charge in [-0.05, 0) is 19.1 Å². The molecule has 0 bridgehead atoms. The molecule has 4 nitrogen and oxygen atoms in total. The Balaban J connectivity index is 2.14. The molecule has 0 amide bonds. The molecule has 0 aliphatic heterocycles. The van der Waals surface area contributed by atoms with Crippen LogP contribution in [0, 0.1) is 6.92 Å². The first-order valence-electron chi connectivity index (χ1n) is 5.66. The number of hydroxylamine groups is 1. The summed E-state index contributed by atoms with van der Waals surface area (Å²) in [5, 5.41) is 9.45. The first-order valence-corrected chi connectivity index (χ1v) is 5.66. The summed E-state index contributed by atoms with van der Waals surface area (Å²) in [5.41, 5.74) is 3.12. The van der Waals surface area contributed by atoms with Crippen LogP contribution in [0.4, 0.5) is 13.2 Å². The Morgan fingerprint density at radius 3 is 2.47 bits per heavy atom. The number of aliphatic hydroxyl groups excluding tert-OH is 1. The number of halogens is 3. The Morgan fingerprint density at radius 2 is 1.89 bits per heavy atom. The maximum atomic E-state index is 11.7. The van der Waals surface area contributed by atoms with Crippen molar-refractivity contribution in [3.63, 3.8) is 0 Å². The number of nitrogens with one attached hydrogen (secondary N) is 1. The summed E-state index contributed by atoms with van der Waals surface area (Å²) in [7, 11) is 0. The zero-order chi connectivity index (χ0) is 14.3. The monoisotopic (exact) mass is 279 g/mol. The number of hydrogen-bond donors (Lipinski definition) is 2. The van der Waals surface area contributed by atoms with E-state index in [-0.39, 0.29) is 13.2 Å². The molecule has 1 aromatic rings. The van der Waals surface area contributed by atoms with Crippen molar-refractivity contribution in [2.75, 3.05) is 19.8 Å². The lowest BCUT2D eigenvalue weighted by atomic mass is 10.2. The number of rotatable bonds is 7. The van der Waals surface area contributed by atoms with Crippen molar-refractivity contribution in [1.82, 2.24) is 5.48 Å². The predicted molar refractivity (Wildman–Crippen MR) is 62.7 cm³/mol. The lowest BCUT2D eigenvalue weighted by Crippen LogP contribution is -2.34. The Bertz CT molecular complexity index is 367. The normalized spacial score (nSPS) is 13.3. The van der Waals surface area contributed by atoms with Gasteiger partial charge in [-0.2, -0.15) is 18.7 Å². The number of hydrogen-bond acceptors (Lipinski definition) is 4. The average molecular weight is 279 g/mol. The third-order valence-electron chi connectivity index (χ3n) is 2.12. The summed E-state index contributed by atoms with van der Waals surface area (Å²) < 4.78 is 40.4. The predicted octanol–water partition coefficient (Wildman–Crippen LogP) is 1.82. The van der Waals surface area contributed by atoms with E-state index in [2.05, 4.69) is 4.84 Å². The molecule has 1 aromatic carbocycles. The number of aliphatic hydroxyl groups is 1. The van der Waals surface area contributed by atoms with Crippen LogP contribution >= 0.6 is 0 Å². The Labute approximate surface area is 109 Å². The molecular weight excluding hydrogens is 263 g/mol. The summed E-state index contributed by atoms with van der Waals surface area (Å²) in [6, 6.07) is 7.20. The second-order valence-electron chi connectivity index (χ2n) is 4.03. The highest BCUT2D eigenvalue weighted by Crippen LogP contribution is 2.13. The Hall–Kier alpha value is -1.31. The number of alkyl halides is 3. The molecule has 0 fully saturated rings. The van der Waals surface area contributed by atoms with Crippen molar-refractivity contribution in [3.05, 3.63) is 29.8 Å². The fourth-order valence-electron chi connectivity index (χ4n) is 1.17. The first-order chi connectivity index (χ1) is 8.87. The molecule has 2 N–H and O–H groups in total. The highest BCUT2D eigenvalue weighted by molar-refractivity contribution is 5.26. The SMILES string of the molecule is Cc1ccc(OCC(O)CNOCC(F)(F)F)cc1. The molecule has 1 unspecified atom stereocenters. The highest BCUT2D eigenvalue weighted by Gasteiger charge is 2.27. The van der Waals surface area contributed by atoms with Gasteiger partial charge in [-0.15, -0.1) is 0 Å². The minimum Gasteiger partial charge on any atom is -0.491 e. The molecule has 0 heterocycles. The molecule has 108 valence electrons. The van der Waals surface area contributed by atoms with Gasteiger partial charge in [-0.3, -0.25) is 4.84 Å². The van der Waals surface area contributed by atoms with Crippen LogP contribution in [0.2, 0.25) is 0 Å². The number of benzene rings is 1. The van der Waals surface area contributed by atoms with Gasteiger partial charge in [0.15, 0.2) is 6.61 Å². The topological polar surface area (TPSA) is 50.7 Å². The summed E-state index contributed by atoms with van der Waals surface area (Å²) >= 11 is 0. The zero-order valence-corrected chi connectivity index (χ0v) is 10.4. The maximum Gasteiger partial charge on any atom is 0.413 e. The molecule has 19 heavy (non-hydrogen) atoms. The number of ether oxygens (including phenoxy) is 1. The van der Waals surface area contributed by atoms with Gasteiger partial charge in [0.2, 0.25) is 0 Å². The van der Waals surface area contributed by atoms with E-state index >= 15 is 0 Å². The van der Waals surface area contributed by atoms with Gasteiger partial charge in [0.05, 0.1) is 6.54 Å². The summed E-state index contributed by atoms with van der Waals surface area (Å²) in [4.78, 5) is 4.15. The van der Waals surface area contributed by atoms with E-state index in [0.29, 0.717) is 5.75 Å². The van der Waals surface area contributed by atoms with E-state index < -0.39 is 18.9 Å². The average Bonchev–Trinajstić information content (AvgIpc) is 2.33. The molecule has 7 heteroatoms. The van der Waals surface area contributed by atoms with Crippen LogP contribution < -0.4 is 10.2 Å². The van der Waals surface area contributed by atoms with Crippen molar-refractivity contribution in [2.24, 2.45) is 0 Å². The van der Waals surface area contributed by atoms with E-state index in [9.17, 15) is 18.3 Å². The molecule has 0 aliphatic carbocycles. The molecule has 0 saturated carbocycles. The molecule has 0 aliphatic rings. The lowest BCUT2D eigenvalue weighted by Gasteiger charge is -2.14. The van der Waals surface area contributed by atoms with E-state index in [1.165, 1.54) is 0 Å².